The molecule has 1 atom stereocenters. The van der Waals surface area contributed by atoms with Gasteiger partial charge >= 0.3 is 0 Å². The lowest BCUT2D eigenvalue weighted by molar-refractivity contribution is 0.360. The number of aryl methyl sites for hydroxylation is 1. The van der Waals surface area contributed by atoms with E-state index in [1.165, 1.54) is 5.56 Å². The molecule has 2 rings (SSSR count). The standard InChI is InChI=1S/C14H21NO2S/c1-2-18(16,17)11-10-14(15)9-5-7-12-6-3-4-8-13(12)14/h3-4,6,8H,2,5,7,9-11,15H2,1H3. The van der Waals surface area contributed by atoms with Crippen LogP contribution < -0.4 is 5.73 Å². The van der Waals surface area contributed by atoms with Gasteiger partial charge in [0.25, 0.3) is 0 Å². The fourth-order valence-electron chi connectivity index (χ4n) is 2.69. The first-order chi connectivity index (χ1) is 8.47. The molecule has 3 nitrogen and oxygen atoms in total. The highest BCUT2D eigenvalue weighted by molar-refractivity contribution is 7.91. The third kappa shape index (κ3) is 2.75. The van der Waals surface area contributed by atoms with Crippen LogP contribution in [0.1, 0.15) is 37.3 Å². The van der Waals surface area contributed by atoms with E-state index in [0.717, 1.165) is 24.8 Å². The van der Waals surface area contributed by atoms with Crippen molar-refractivity contribution in [2.24, 2.45) is 5.73 Å². The number of hydrogen-bond donors (Lipinski definition) is 1. The molecule has 0 aliphatic heterocycles. The lowest BCUT2D eigenvalue weighted by Gasteiger charge is -2.35. The Kier molecular flexibility index (Phi) is 3.78. The van der Waals surface area contributed by atoms with Crippen molar-refractivity contribution in [1.29, 1.82) is 0 Å². The van der Waals surface area contributed by atoms with Crippen LogP contribution in [0.15, 0.2) is 24.3 Å². The van der Waals surface area contributed by atoms with Crippen LogP contribution in [0.3, 0.4) is 0 Å². The van der Waals surface area contributed by atoms with Gasteiger partial charge in [0.2, 0.25) is 0 Å². The number of fused-ring (bicyclic) bond motifs is 1. The fraction of sp³-hybridized carbons (Fsp3) is 0.571. The van der Waals surface area contributed by atoms with Crippen LogP contribution in [0.2, 0.25) is 0 Å². The normalized spacial score (nSPS) is 23.7. The molecule has 0 aromatic heterocycles. The van der Waals surface area contributed by atoms with E-state index in [4.69, 9.17) is 5.73 Å². The number of rotatable bonds is 4. The van der Waals surface area contributed by atoms with Crippen molar-refractivity contribution in [2.45, 2.75) is 38.1 Å². The van der Waals surface area contributed by atoms with Crippen LogP contribution in [-0.2, 0) is 21.8 Å². The first-order valence-corrected chi connectivity index (χ1v) is 8.37. The second-order valence-electron chi connectivity index (χ2n) is 5.15. The first kappa shape index (κ1) is 13.6. The SMILES string of the molecule is CCS(=O)(=O)CCC1(N)CCCc2ccccc21. The second kappa shape index (κ2) is 5.02. The third-order valence-electron chi connectivity index (χ3n) is 3.92. The Bertz CT molecular complexity index is 524. The Hall–Kier alpha value is -0.870. The summed E-state index contributed by atoms with van der Waals surface area (Å²) in [6.07, 6.45) is 3.50. The minimum atomic E-state index is -2.94. The van der Waals surface area contributed by atoms with Gasteiger partial charge in [-0.2, -0.15) is 0 Å². The summed E-state index contributed by atoms with van der Waals surface area (Å²) >= 11 is 0. The van der Waals surface area contributed by atoms with Gasteiger partial charge in [-0.05, 0) is 36.8 Å². The van der Waals surface area contributed by atoms with Crippen molar-refractivity contribution in [3.8, 4) is 0 Å². The molecular weight excluding hydrogens is 246 g/mol. The molecule has 0 saturated heterocycles. The van der Waals surface area contributed by atoms with Gasteiger partial charge in [-0.1, -0.05) is 31.2 Å². The quantitative estimate of drug-likeness (QED) is 0.907. The molecule has 0 spiro atoms. The van der Waals surface area contributed by atoms with Gasteiger partial charge in [0.1, 0.15) is 9.84 Å². The van der Waals surface area contributed by atoms with E-state index >= 15 is 0 Å². The van der Waals surface area contributed by atoms with Gasteiger partial charge in [0.15, 0.2) is 0 Å². The summed E-state index contributed by atoms with van der Waals surface area (Å²) in [7, 11) is -2.94. The lowest BCUT2D eigenvalue weighted by atomic mass is 9.76. The van der Waals surface area contributed by atoms with Crippen molar-refractivity contribution >= 4 is 9.84 Å². The van der Waals surface area contributed by atoms with Gasteiger partial charge in [-0.15, -0.1) is 0 Å². The third-order valence-corrected chi connectivity index (χ3v) is 5.63. The molecule has 1 aliphatic carbocycles. The summed E-state index contributed by atoms with van der Waals surface area (Å²) in [6, 6.07) is 8.16. The zero-order chi connectivity index (χ0) is 13.2. The fourth-order valence-corrected chi connectivity index (χ4v) is 3.66. The van der Waals surface area contributed by atoms with E-state index in [1.54, 1.807) is 6.92 Å². The van der Waals surface area contributed by atoms with Crippen molar-refractivity contribution in [3.63, 3.8) is 0 Å². The highest BCUT2D eigenvalue weighted by Crippen LogP contribution is 2.35. The number of hydrogen-bond acceptors (Lipinski definition) is 3. The predicted molar refractivity (Wildman–Crippen MR) is 74.2 cm³/mol. The van der Waals surface area contributed by atoms with E-state index in [2.05, 4.69) is 6.07 Å². The molecule has 18 heavy (non-hydrogen) atoms. The van der Waals surface area contributed by atoms with Gasteiger partial charge < -0.3 is 5.73 Å². The van der Waals surface area contributed by atoms with E-state index in [9.17, 15) is 8.42 Å². The maximum absolute atomic E-state index is 11.6. The molecule has 0 amide bonds. The molecule has 0 heterocycles. The topological polar surface area (TPSA) is 60.2 Å². The van der Waals surface area contributed by atoms with E-state index in [-0.39, 0.29) is 11.5 Å². The molecule has 1 aromatic rings. The Morgan fingerprint density at radius 2 is 2.06 bits per heavy atom. The van der Waals surface area contributed by atoms with Crippen LogP contribution in [0.25, 0.3) is 0 Å². The number of sulfone groups is 1. The summed E-state index contributed by atoms with van der Waals surface area (Å²) in [6.45, 7) is 1.69. The monoisotopic (exact) mass is 267 g/mol. The summed E-state index contributed by atoms with van der Waals surface area (Å²) < 4.78 is 23.3. The highest BCUT2D eigenvalue weighted by atomic mass is 32.2. The molecule has 0 bridgehead atoms. The van der Waals surface area contributed by atoms with Gasteiger partial charge in [0.05, 0.1) is 5.75 Å². The smallest absolute Gasteiger partial charge is 0.150 e. The molecule has 1 aliphatic rings. The van der Waals surface area contributed by atoms with Crippen molar-refractivity contribution in [2.75, 3.05) is 11.5 Å². The van der Waals surface area contributed by atoms with Crippen LogP contribution in [0, 0.1) is 0 Å². The molecule has 100 valence electrons. The number of benzene rings is 1. The van der Waals surface area contributed by atoms with Crippen LogP contribution in [-0.4, -0.2) is 19.9 Å². The average molecular weight is 267 g/mol. The Labute approximate surface area is 109 Å². The Morgan fingerprint density at radius 3 is 2.78 bits per heavy atom. The molecule has 0 fully saturated rings. The molecule has 4 heteroatoms. The number of nitrogens with two attached hydrogens (primary N) is 1. The minimum absolute atomic E-state index is 0.189. The zero-order valence-corrected chi connectivity index (χ0v) is 11.7. The van der Waals surface area contributed by atoms with Crippen LogP contribution >= 0.6 is 0 Å². The maximum Gasteiger partial charge on any atom is 0.150 e. The molecule has 0 saturated carbocycles. The first-order valence-electron chi connectivity index (χ1n) is 6.54. The largest absolute Gasteiger partial charge is 0.321 e. The van der Waals surface area contributed by atoms with Crippen LogP contribution in [0.5, 0.6) is 0 Å². The maximum atomic E-state index is 11.6. The Balaban J connectivity index is 2.22. The second-order valence-corrected chi connectivity index (χ2v) is 7.63. The van der Waals surface area contributed by atoms with Gasteiger partial charge in [0, 0.05) is 11.3 Å². The van der Waals surface area contributed by atoms with Gasteiger partial charge in [-0.3, -0.25) is 0 Å². The zero-order valence-electron chi connectivity index (χ0n) is 10.9. The van der Waals surface area contributed by atoms with Crippen LogP contribution in [0.4, 0.5) is 0 Å². The van der Waals surface area contributed by atoms with Crippen molar-refractivity contribution < 1.29 is 8.42 Å². The summed E-state index contributed by atoms with van der Waals surface area (Å²) in [5, 5.41) is 0. The predicted octanol–water partition coefficient (Wildman–Crippen LogP) is 2.00. The van der Waals surface area contributed by atoms with Crippen molar-refractivity contribution in [1.82, 2.24) is 0 Å². The molecule has 1 aromatic carbocycles. The summed E-state index contributed by atoms with van der Waals surface area (Å²) in [4.78, 5) is 0. The molecule has 2 N–H and O–H groups in total. The molecule has 0 radical (unpaired) electrons. The average Bonchev–Trinajstić information content (AvgIpc) is 2.38. The summed E-state index contributed by atoms with van der Waals surface area (Å²) in [5.74, 6) is 0.388. The van der Waals surface area contributed by atoms with E-state index in [0.29, 0.717) is 6.42 Å². The molecule has 1 unspecified atom stereocenters. The van der Waals surface area contributed by atoms with E-state index in [1.807, 2.05) is 18.2 Å². The summed E-state index contributed by atoms with van der Waals surface area (Å²) in [5.41, 5.74) is 8.43. The minimum Gasteiger partial charge on any atom is -0.321 e. The highest BCUT2D eigenvalue weighted by Gasteiger charge is 2.33. The lowest BCUT2D eigenvalue weighted by Crippen LogP contribution is -2.41. The molecular formula is C14H21NO2S. The van der Waals surface area contributed by atoms with Gasteiger partial charge in [-0.25, -0.2) is 8.42 Å². The van der Waals surface area contributed by atoms with E-state index < -0.39 is 15.4 Å². The van der Waals surface area contributed by atoms with Crippen molar-refractivity contribution in [3.05, 3.63) is 35.4 Å². The Morgan fingerprint density at radius 1 is 1.33 bits per heavy atom.